The Morgan fingerprint density at radius 1 is 0.694 bits per heavy atom. The van der Waals surface area contributed by atoms with E-state index in [1.807, 2.05) is 0 Å². The van der Waals surface area contributed by atoms with Crippen LogP contribution in [0, 0.1) is 13.8 Å². The van der Waals surface area contributed by atoms with Crippen LogP contribution in [0.3, 0.4) is 0 Å². The number of aromatic nitrogens is 2. The molecule has 0 fully saturated rings. The molecule has 0 spiro atoms. The summed E-state index contributed by atoms with van der Waals surface area (Å²) >= 11 is 0. The molecule has 10 nitrogen and oxygen atoms in total. The van der Waals surface area contributed by atoms with Crippen molar-refractivity contribution in [2.75, 3.05) is 27.4 Å². The number of carbonyl (C=O) groups is 4. The maximum atomic E-state index is 12.4. The van der Waals surface area contributed by atoms with Gasteiger partial charge in [-0.1, -0.05) is 0 Å². The lowest BCUT2D eigenvalue weighted by atomic mass is 10.0. The van der Waals surface area contributed by atoms with Gasteiger partial charge in [0.15, 0.2) is 0 Å². The number of H-pyrrole nitrogens is 2. The number of nitrogens with one attached hydrogen (secondary N) is 2. The van der Waals surface area contributed by atoms with Gasteiger partial charge in [-0.2, -0.15) is 0 Å². The third-order valence-electron chi connectivity index (χ3n) is 5.81. The molecule has 0 saturated heterocycles. The van der Waals surface area contributed by atoms with Crippen molar-refractivity contribution in [1.29, 1.82) is 0 Å². The fourth-order valence-corrected chi connectivity index (χ4v) is 3.88. The Morgan fingerprint density at radius 2 is 1.06 bits per heavy atom. The third kappa shape index (κ3) is 6.87. The minimum Gasteiger partial charge on any atom is -0.469 e. The Balaban J connectivity index is 2.52. The lowest BCUT2D eigenvalue weighted by Crippen LogP contribution is -2.07. The highest BCUT2D eigenvalue weighted by atomic mass is 16.5. The summed E-state index contributed by atoms with van der Waals surface area (Å²) in [5, 5.41) is 0. The highest BCUT2D eigenvalue weighted by Gasteiger charge is 2.22. The number of hydrogen-bond donors (Lipinski definition) is 2. The Bertz CT molecular complexity index is 1050. The van der Waals surface area contributed by atoms with Crippen molar-refractivity contribution >= 4 is 36.0 Å². The van der Waals surface area contributed by atoms with Crippen molar-refractivity contribution in [2.24, 2.45) is 0 Å². The van der Waals surface area contributed by atoms with Gasteiger partial charge in [-0.15, -0.1) is 0 Å². The molecular weight excluding hydrogens is 468 g/mol. The standard InChI is InChI=1S/C26H34N2O8/c1-7-35-25(31)23-15(3)17(9-13-21(29)33-5)19(27-23)11-12-20-18(10-14-22(30)34-6)16(4)24(28-20)26(32)36-8-2/h11-12,27-28H,7-10,13-14H2,1-6H3/b12-11-. The highest BCUT2D eigenvalue weighted by Crippen LogP contribution is 2.26. The van der Waals surface area contributed by atoms with E-state index in [4.69, 9.17) is 18.9 Å². The summed E-state index contributed by atoms with van der Waals surface area (Å²) < 4.78 is 19.8. The zero-order valence-corrected chi connectivity index (χ0v) is 21.7. The van der Waals surface area contributed by atoms with Crippen molar-refractivity contribution in [3.05, 3.63) is 45.0 Å². The molecule has 2 rings (SSSR count). The van der Waals surface area contributed by atoms with Crippen LogP contribution >= 0.6 is 0 Å². The average molecular weight is 503 g/mol. The van der Waals surface area contributed by atoms with E-state index in [0.717, 1.165) is 11.1 Å². The van der Waals surface area contributed by atoms with E-state index in [0.29, 0.717) is 46.7 Å². The van der Waals surface area contributed by atoms with Gasteiger partial charge in [0.05, 0.1) is 27.4 Å². The van der Waals surface area contributed by atoms with Crippen molar-refractivity contribution in [2.45, 2.75) is 53.4 Å². The van der Waals surface area contributed by atoms with Crippen LogP contribution in [0.1, 0.15) is 81.3 Å². The first-order valence-electron chi connectivity index (χ1n) is 11.8. The molecule has 0 unspecified atom stereocenters. The molecule has 2 aromatic rings. The molecule has 0 aliphatic rings. The Hall–Kier alpha value is -3.82. The van der Waals surface area contributed by atoms with Gasteiger partial charge in [0, 0.05) is 24.2 Å². The third-order valence-corrected chi connectivity index (χ3v) is 5.81. The second kappa shape index (κ2) is 13.3. The topological polar surface area (TPSA) is 137 Å². The Morgan fingerprint density at radius 3 is 1.36 bits per heavy atom. The Kier molecular flexibility index (Phi) is 10.5. The molecule has 0 radical (unpaired) electrons. The molecule has 0 atom stereocenters. The van der Waals surface area contributed by atoms with Crippen LogP contribution in [0.5, 0.6) is 0 Å². The number of esters is 4. The van der Waals surface area contributed by atoms with E-state index in [1.54, 1.807) is 39.8 Å². The molecule has 10 heteroatoms. The number of methoxy groups -OCH3 is 2. The minimum atomic E-state index is -0.493. The molecule has 0 bridgehead atoms. The van der Waals surface area contributed by atoms with E-state index >= 15 is 0 Å². The van der Waals surface area contributed by atoms with E-state index < -0.39 is 11.9 Å². The van der Waals surface area contributed by atoms with Gasteiger partial charge in [0.1, 0.15) is 11.4 Å². The van der Waals surface area contributed by atoms with Gasteiger partial charge < -0.3 is 28.9 Å². The first-order valence-corrected chi connectivity index (χ1v) is 11.8. The number of aromatic amines is 2. The summed E-state index contributed by atoms with van der Waals surface area (Å²) in [6.45, 7) is 7.46. The van der Waals surface area contributed by atoms with Crippen molar-refractivity contribution in [3.63, 3.8) is 0 Å². The molecule has 0 amide bonds. The quantitative estimate of drug-likeness (QED) is 0.331. The van der Waals surface area contributed by atoms with E-state index in [1.165, 1.54) is 14.2 Å². The van der Waals surface area contributed by atoms with E-state index in [2.05, 4.69) is 9.97 Å². The van der Waals surface area contributed by atoms with Crippen LogP contribution in [0.4, 0.5) is 0 Å². The second-order valence-electron chi connectivity index (χ2n) is 7.96. The van der Waals surface area contributed by atoms with Gasteiger partial charge in [-0.3, -0.25) is 9.59 Å². The maximum absolute atomic E-state index is 12.4. The first kappa shape index (κ1) is 28.4. The maximum Gasteiger partial charge on any atom is 0.355 e. The number of carbonyl (C=O) groups excluding carboxylic acids is 4. The molecule has 36 heavy (non-hydrogen) atoms. The molecule has 2 N–H and O–H groups in total. The van der Waals surface area contributed by atoms with Crippen LogP contribution in [0.2, 0.25) is 0 Å². The van der Waals surface area contributed by atoms with Crippen molar-refractivity contribution in [3.8, 4) is 0 Å². The SMILES string of the molecule is CCOC(=O)c1[nH]c(/C=C\c2[nH]c(C(=O)OCC)c(C)c2CCC(=O)OC)c(CCC(=O)OC)c1C. The highest BCUT2D eigenvalue weighted by molar-refractivity contribution is 5.92. The van der Waals surface area contributed by atoms with Gasteiger partial charge in [-0.05, 0) is 74.9 Å². The van der Waals surface area contributed by atoms with Crippen LogP contribution in [0.15, 0.2) is 0 Å². The van der Waals surface area contributed by atoms with Crippen LogP contribution in [-0.2, 0) is 41.4 Å². The van der Waals surface area contributed by atoms with Gasteiger partial charge in [0.2, 0.25) is 0 Å². The predicted molar refractivity (Wildman–Crippen MR) is 133 cm³/mol. The normalized spacial score (nSPS) is 10.9. The Labute approximate surface area is 210 Å². The molecule has 196 valence electrons. The van der Waals surface area contributed by atoms with Crippen molar-refractivity contribution in [1.82, 2.24) is 9.97 Å². The van der Waals surface area contributed by atoms with Gasteiger partial charge >= 0.3 is 23.9 Å². The monoisotopic (exact) mass is 502 g/mol. The molecule has 0 aromatic carbocycles. The van der Waals surface area contributed by atoms with E-state index in [-0.39, 0.29) is 38.0 Å². The van der Waals surface area contributed by atoms with Gasteiger partial charge in [0.25, 0.3) is 0 Å². The molecular formula is C26H34N2O8. The largest absolute Gasteiger partial charge is 0.469 e. The molecule has 0 aliphatic carbocycles. The molecule has 2 heterocycles. The summed E-state index contributed by atoms with van der Waals surface area (Å²) in [7, 11) is 2.64. The lowest BCUT2D eigenvalue weighted by molar-refractivity contribution is -0.141. The summed E-state index contributed by atoms with van der Waals surface area (Å²) in [5.41, 5.74) is 4.73. The smallest absolute Gasteiger partial charge is 0.355 e. The zero-order chi connectivity index (χ0) is 26.8. The summed E-state index contributed by atoms with van der Waals surface area (Å²) in [5.74, 6) is -1.72. The fraction of sp³-hybridized carbons (Fsp3) is 0.462. The van der Waals surface area contributed by atoms with E-state index in [9.17, 15) is 19.2 Å². The second-order valence-corrected chi connectivity index (χ2v) is 7.96. The van der Waals surface area contributed by atoms with Gasteiger partial charge in [-0.25, -0.2) is 9.59 Å². The predicted octanol–water partition coefficient (Wildman–Crippen LogP) is 3.69. The van der Waals surface area contributed by atoms with Crippen LogP contribution < -0.4 is 0 Å². The minimum absolute atomic E-state index is 0.136. The average Bonchev–Trinajstić information content (AvgIpc) is 3.35. The lowest BCUT2D eigenvalue weighted by Gasteiger charge is -2.04. The summed E-state index contributed by atoms with van der Waals surface area (Å²) in [6, 6.07) is 0. The number of hydrogen-bond acceptors (Lipinski definition) is 8. The fourth-order valence-electron chi connectivity index (χ4n) is 3.88. The summed E-state index contributed by atoms with van der Waals surface area (Å²) in [6.07, 6.45) is 4.48. The first-order chi connectivity index (χ1) is 17.2. The molecule has 0 saturated carbocycles. The van der Waals surface area contributed by atoms with Crippen molar-refractivity contribution < 1.29 is 38.1 Å². The number of ether oxygens (including phenoxy) is 4. The van der Waals surface area contributed by atoms with Crippen LogP contribution in [-0.4, -0.2) is 61.3 Å². The van der Waals surface area contributed by atoms with Crippen LogP contribution in [0.25, 0.3) is 12.2 Å². The molecule has 0 aliphatic heterocycles. The summed E-state index contributed by atoms with van der Waals surface area (Å²) in [4.78, 5) is 54.6. The zero-order valence-electron chi connectivity index (χ0n) is 21.7. The molecule has 2 aromatic heterocycles. The number of rotatable bonds is 12.